The molecule has 0 saturated carbocycles. The van der Waals surface area contributed by atoms with Gasteiger partial charge in [-0.15, -0.1) is 0 Å². The van der Waals surface area contributed by atoms with Gasteiger partial charge in [-0.25, -0.2) is 13.1 Å². The number of hydrogen-bond acceptors (Lipinski definition) is 6. The topological polar surface area (TPSA) is 98.1 Å². The van der Waals surface area contributed by atoms with Crippen LogP contribution >= 0.6 is 0 Å². The minimum atomic E-state index is -3.75. The van der Waals surface area contributed by atoms with Gasteiger partial charge in [0.1, 0.15) is 11.5 Å². The van der Waals surface area contributed by atoms with Crippen molar-refractivity contribution in [2.45, 2.75) is 36.9 Å². The molecular formula is C25H28N2O6S. The number of nitrogens with zero attached hydrogens (tertiary/aromatic N) is 1. The number of furan rings is 1. The molecule has 180 valence electrons. The number of carbonyl (C=O) groups excluding carboxylic acids is 1. The SMILES string of the molecule is COc1ccccc1CN(CC1CCCO1)C(=O)c1ccc(S(=O)(=O)NCc2ccco2)cc1. The molecule has 2 heterocycles. The fraction of sp³-hybridized carbons (Fsp3) is 0.320. The molecule has 34 heavy (non-hydrogen) atoms. The third kappa shape index (κ3) is 5.85. The Labute approximate surface area is 199 Å². The predicted octanol–water partition coefficient (Wildman–Crippen LogP) is 3.59. The Hall–Kier alpha value is -3.14. The van der Waals surface area contributed by atoms with Gasteiger partial charge < -0.3 is 18.8 Å². The maximum atomic E-state index is 13.4. The number of benzene rings is 2. The van der Waals surface area contributed by atoms with E-state index in [0.29, 0.717) is 36.8 Å². The van der Waals surface area contributed by atoms with E-state index in [9.17, 15) is 13.2 Å². The highest BCUT2D eigenvalue weighted by Gasteiger charge is 2.25. The molecule has 4 rings (SSSR count). The van der Waals surface area contributed by atoms with Crippen molar-refractivity contribution in [3.63, 3.8) is 0 Å². The molecule has 1 N–H and O–H groups in total. The first-order valence-electron chi connectivity index (χ1n) is 11.1. The van der Waals surface area contributed by atoms with E-state index in [4.69, 9.17) is 13.9 Å². The molecule has 3 aromatic rings. The summed E-state index contributed by atoms with van der Waals surface area (Å²) in [5.41, 5.74) is 1.29. The van der Waals surface area contributed by atoms with Crippen molar-refractivity contribution in [3.8, 4) is 5.75 Å². The van der Waals surface area contributed by atoms with E-state index >= 15 is 0 Å². The van der Waals surface area contributed by atoms with Gasteiger partial charge >= 0.3 is 0 Å². The average Bonchev–Trinajstić information content (AvgIpc) is 3.57. The highest BCUT2D eigenvalue weighted by Crippen LogP contribution is 2.23. The molecule has 1 aromatic heterocycles. The van der Waals surface area contributed by atoms with Crippen LogP contribution in [0, 0.1) is 0 Å². The monoisotopic (exact) mass is 484 g/mol. The van der Waals surface area contributed by atoms with Crippen molar-refractivity contribution in [3.05, 3.63) is 83.8 Å². The summed E-state index contributed by atoms with van der Waals surface area (Å²) >= 11 is 0. The van der Waals surface area contributed by atoms with E-state index in [1.807, 2.05) is 24.3 Å². The third-order valence-corrected chi connectivity index (χ3v) is 7.13. The Bertz CT molecular complexity index is 1190. The summed E-state index contributed by atoms with van der Waals surface area (Å²) in [5, 5.41) is 0. The maximum absolute atomic E-state index is 13.4. The number of rotatable bonds is 10. The van der Waals surface area contributed by atoms with Gasteiger partial charge in [-0.2, -0.15) is 0 Å². The molecule has 1 fully saturated rings. The van der Waals surface area contributed by atoms with E-state index in [-0.39, 0.29) is 23.5 Å². The standard InChI is InChI=1S/C25H28N2O6S/c1-31-24-9-3-2-6-20(24)17-27(18-22-8-5-15-33-22)25(28)19-10-12-23(13-11-19)34(29,30)26-16-21-7-4-14-32-21/h2-4,6-7,9-14,22,26H,5,8,15-18H2,1H3. The largest absolute Gasteiger partial charge is 0.496 e. The van der Waals surface area contributed by atoms with Gasteiger partial charge in [0, 0.05) is 30.8 Å². The summed E-state index contributed by atoms with van der Waals surface area (Å²) in [4.78, 5) is 15.2. The lowest BCUT2D eigenvalue weighted by molar-refractivity contribution is 0.0505. The number of ether oxygens (including phenoxy) is 2. The first-order valence-corrected chi connectivity index (χ1v) is 12.6. The van der Waals surface area contributed by atoms with Gasteiger partial charge in [-0.05, 0) is 55.3 Å². The zero-order valence-electron chi connectivity index (χ0n) is 19.0. The second-order valence-electron chi connectivity index (χ2n) is 8.06. The Morgan fingerprint density at radius 3 is 2.59 bits per heavy atom. The number of hydrogen-bond donors (Lipinski definition) is 1. The molecule has 1 amide bonds. The smallest absolute Gasteiger partial charge is 0.254 e. The van der Waals surface area contributed by atoms with Crippen molar-refractivity contribution in [2.24, 2.45) is 0 Å². The number of nitrogens with one attached hydrogen (secondary N) is 1. The van der Waals surface area contributed by atoms with E-state index in [0.717, 1.165) is 18.4 Å². The average molecular weight is 485 g/mol. The summed E-state index contributed by atoms with van der Waals surface area (Å²) in [6.45, 7) is 1.54. The highest BCUT2D eigenvalue weighted by molar-refractivity contribution is 7.89. The Kier molecular flexibility index (Phi) is 7.66. The number of para-hydroxylation sites is 1. The quantitative estimate of drug-likeness (QED) is 0.472. The van der Waals surface area contributed by atoms with E-state index in [1.165, 1.54) is 30.5 Å². The zero-order valence-corrected chi connectivity index (χ0v) is 19.8. The van der Waals surface area contributed by atoms with Crippen LogP contribution in [-0.2, 0) is 27.8 Å². The van der Waals surface area contributed by atoms with Gasteiger partial charge in [-0.1, -0.05) is 18.2 Å². The van der Waals surface area contributed by atoms with Crippen LogP contribution in [0.1, 0.15) is 34.5 Å². The summed E-state index contributed by atoms with van der Waals surface area (Å²) in [5.74, 6) is 1.02. The van der Waals surface area contributed by atoms with Gasteiger partial charge in [0.2, 0.25) is 10.0 Å². The van der Waals surface area contributed by atoms with Crippen LogP contribution in [0.15, 0.2) is 76.2 Å². The van der Waals surface area contributed by atoms with E-state index in [2.05, 4.69) is 4.72 Å². The first-order chi connectivity index (χ1) is 16.5. The Morgan fingerprint density at radius 2 is 1.91 bits per heavy atom. The molecule has 0 radical (unpaired) electrons. The van der Waals surface area contributed by atoms with Crippen molar-refractivity contribution in [1.82, 2.24) is 9.62 Å². The van der Waals surface area contributed by atoms with Crippen LogP contribution in [0.4, 0.5) is 0 Å². The second-order valence-corrected chi connectivity index (χ2v) is 9.83. The normalized spacial score (nSPS) is 15.9. The Morgan fingerprint density at radius 1 is 1.12 bits per heavy atom. The van der Waals surface area contributed by atoms with E-state index in [1.54, 1.807) is 24.1 Å². The maximum Gasteiger partial charge on any atom is 0.254 e. The summed E-state index contributed by atoms with van der Waals surface area (Å²) < 4.78 is 44.1. The fourth-order valence-corrected chi connectivity index (χ4v) is 4.91. The lowest BCUT2D eigenvalue weighted by Gasteiger charge is -2.26. The summed E-state index contributed by atoms with van der Waals surface area (Å²) in [7, 11) is -2.15. The molecule has 9 heteroatoms. The molecule has 1 saturated heterocycles. The molecule has 0 bridgehead atoms. The van der Waals surface area contributed by atoms with Gasteiger partial charge in [0.15, 0.2) is 0 Å². The molecule has 0 aliphatic carbocycles. The molecule has 0 spiro atoms. The molecule has 1 aliphatic rings. The number of amides is 1. The molecular weight excluding hydrogens is 456 g/mol. The Balaban J connectivity index is 1.50. The number of methoxy groups -OCH3 is 1. The van der Waals surface area contributed by atoms with Crippen LogP contribution in [0.2, 0.25) is 0 Å². The summed E-state index contributed by atoms with van der Waals surface area (Å²) in [6, 6.07) is 16.9. The molecule has 1 unspecified atom stereocenters. The fourth-order valence-electron chi connectivity index (χ4n) is 3.91. The van der Waals surface area contributed by atoms with Crippen LogP contribution in [0.5, 0.6) is 5.75 Å². The lowest BCUT2D eigenvalue weighted by Crippen LogP contribution is -2.37. The zero-order chi connectivity index (χ0) is 24.0. The molecule has 8 nitrogen and oxygen atoms in total. The molecule has 1 atom stereocenters. The summed E-state index contributed by atoms with van der Waals surface area (Å²) in [6.07, 6.45) is 3.33. The van der Waals surface area contributed by atoms with Gasteiger partial charge in [0.25, 0.3) is 5.91 Å². The lowest BCUT2D eigenvalue weighted by atomic mass is 10.1. The van der Waals surface area contributed by atoms with Gasteiger partial charge in [0.05, 0.1) is 30.9 Å². The number of sulfonamides is 1. The minimum Gasteiger partial charge on any atom is -0.496 e. The van der Waals surface area contributed by atoms with Crippen LogP contribution in [0.25, 0.3) is 0 Å². The van der Waals surface area contributed by atoms with Crippen LogP contribution in [0.3, 0.4) is 0 Å². The molecule has 1 aliphatic heterocycles. The minimum absolute atomic E-state index is 0.0240. The van der Waals surface area contributed by atoms with E-state index < -0.39 is 10.0 Å². The number of carbonyl (C=O) groups is 1. The van der Waals surface area contributed by atoms with Gasteiger partial charge in [-0.3, -0.25) is 4.79 Å². The second kappa shape index (κ2) is 10.9. The first kappa shape index (κ1) is 24.0. The molecule has 2 aromatic carbocycles. The van der Waals surface area contributed by atoms with Crippen molar-refractivity contribution in [1.29, 1.82) is 0 Å². The van der Waals surface area contributed by atoms with Crippen LogP contribution < -0.4 is 9.46 Å². The van der Waals surface area contributed by atoms with Crippen molar-refractivity contribution >= 4 is 15.9 Å². The van der Waals surface area contributed by atoms with Crippen molar-refractivity contribution < 1.29 is 27.1 Å². The highest BCUT2D eigenvalue weighted by atomic mass is 32.2. The van der Waals surface area contributed by atoms with Crippen LogP contribution in [-0.4, -0.2) is 45.6 Å². The van der Waals surface area contributed by atoms with Crippen molar-refractivity contribution in [2.75, 3.05) is 20.3 Å². The predicted molar refractivity (Wildman–Crippen MR) is 126 cm³/mol. The third-order valence-electron chi connectivity index (χ3n) is 5.72.